The molecule has 0 radical (unpaired) electrons. The van der Waals surface area contributed by atoms with E-state index in [2.05, 4.69) is 37.7 Å². The zero-order valence-corrected chi connectivity index (χ0v) is 23.0. The van der Waals surface area contributed by atoms with E-state index in [9.17, 15) is 8.42 Å². The van der Waals surface area contributed by atoms with Gasteiger partial charge in [0.25, 0.3) is 10.2 Å². The van der Waals surface area contributed by atoms with Gasteiger partial charge in [0.05, 0.1) is 11.7 Å². The molecule has 0 aromatic heterocycles. The second kappa shape index (κ2) is 8.52. The zero-order chi connectivity index (χ0) is 24.8. The summed E-state index contributed by atoms with van der Waals surface area (Å²) in [4.78, 5) is 0. The number of nitrogens with one attached hydrogen (secondary N) is 2. The topological polar surface area (TPSA) is 93.5 Å². The number of fused-ring (bicyclic) bond motifs is 6. The van der Waals surface area contributed by atoms with E-state index in [0.717, 1.165) is 50.0 Å². The number of ether oxygens (including phenoxy) is 1. The van der Waals surface area contributed by atoms with Gasteiger partial charge in [-0.1, -0.05) is 31.9 Å². The maximum absolute atomic E-state index is 11.6. The number of allylic oxidation sites excluding steroid dienone is 1. The fraction of sp³-hybridized carbons (Fsp3) is 0.929. The predicted octanol–water partition coefficient (Wildman–Crippen LogP) is 4.27. The van der Waals surface area contributed by atoms with Crippen molar-refractivity contribution in [3.8, 4) is 0 Å². The minimum atomic E-state index is -3.63. The Morgan fingerprint density at radius 1 is 1.11 bits per heavy atom. The largest absolute Gasteiger partial charge is 0.369 e. The smallest absolute Gasteiger partial charge is 0.274 e. The van der Waals surface area contributed by atoms with E-state index in [1.54, 1.807) is 11.1 Å². The summed E-state index contributed by atoms with van der Waals surface area (Å²) in [5, 5.41) is 9.15. The quantitative estimate of drug-likeness (QED) is 0.489. The molecule has 2 saturated heterocycles. The Morgan fingerprint density at radius 3 is 2.69 bits per heavy atom. The second-order valence-corrected chi connectivity index (χ2v) is 15.1. The number of hydrogen-bond acceptors (Lipinski definition) is 4. The van der Waals surface area contributed by atoms with Crippen molar-refractivity contribution in [3.05, 3.63) is 11.1 Å². The van der Waals surface area contributed by atoms with Crippen LogP contribution in [0.5, 0.6) is 0 Å². The van der Waals surface area contributed by atoms with Crippen molar-refractivity contribution in [1.82, 2.24) is 10.0 Å². The molecule has 6 nitrogen and oxygen atoms in total. The summed E-state index contributed by atoms with van der Waals surface area (Å²) in [6.45, 7) is 10.9. The lowest BCUT2D eigenvalue weighted by Crippen LogP contribution is -2.51. The maximum Gasteiger partial charge on any atom is 0.274 e. The number of piperidine rings is 1. The van der Waals surface area contributed by atoms with Crippen molar-refractivity contribution in [2.24, 2.45) is 46.1 Å². The molecule has 2 heterocycles. The van der Waals surface area contributed by atoms with Crippen LogP contribution in [0.15, 0.2) is 11.1 Å². The summed E-state index contributed by atoms with van der Waals surface area (Å²) in [6, 6.07) is 0.526. The van der Waals surface area contributed by atoms with Gasteiger partial charge in [-0.25, -0.2) is 5.14 Å². The van der Waals surface area contributed by atoms with Gasteiger partial charge in [-0.3, -0.25) is 0 Å². The Kier molecular flexibility index (Phi) is 6.05. The highest BCUT2D eigenvalue weighted by atomic mass is 32.2. The predicted molar refractivity (Wildman–Crippen MR) is 139 cm³/mol. The van der Waals surface area contributed by atoms with Crippen molar-refractivity contribution in [1.29, 1.82) is 0 Å². The van der Waals surface area contributed by atoms with Gasteiger partial charge in [0, 0.05) is 18.0 Å². The van der Waals surface area contributed by atoms with E-state index in [0.29, 0.717) is 35.3 Å². The molecule has 7 heteroatoms. The molecule has 198 valence electrons. The molecule has 0 amide bonds. The molecule has 4 aliphatic carbocycles. The van der Waals surface area contributed by atoms with Gasteiger partial charge in [-0.2, -0.15) is 13.1 Å². The SMILES string of the molecule is CC1=C2C[C@H]3[C@@H](CC[C@@H]4C[C@H](NS(N)(=O)=O)CC[C@@]43C)[C@@H]2CCC2(C1)OC1C[C@H](C)CN[C@H]1[C@H]2C. The minimum absolute atomic E-state index is 0.00757. The van der Waals surface area contributed by atoms with E-state index < -0.39 is 10.2 Å². The van der Waals surface area contributed by atoms with Crippen molar-refractivity contribution in [3.63, 3.8) is 0 Å². The highest BCUT2D eigenvalue weighted by Crippen LogP contribution is 2.65. The fourth-order valence-electron chi connectivity index (χ4n) is 10.2. The average molecular weight is 506 g/mol. The Bertz CT molecular complexity index is 997. The Labute approximate surface area is 212 Å². The summed E-state index contributed by atoms with van der Waals surface area (Å²) >= 11 is 0. The van der Waals surface area contributed by atoms with Crippen LogP contribution in [0.25, 0.3) is 0 Å². The van der Waals surface area contributed by atoms with Gasteiger partial charge in [-0.15, -0.1) is 0 Å². The van der Waals surface area contributed by atoms with Gasteiger partial charge in [0.15, 0.2) is 0 Å². The van der Waals surface area contributed by atoms with Crippen LogP contribution in [0, 0.1) is 40.9 Å². The van der Waals surface area contributed by atoms with Crippen molar-refractivity contribution in [2.75, 3.05) is 6.54 Å². The third-order valence-electron chi connectivity index (χ3n) is 12.0. The van der Waals surface area contributed by atoms with Gasteiger partial charge in [0.1, 0.15) is 0 Å². The molecule has 0 aromatic rings. The first-order valence-electron chi connectivity index (χ1n) is 14.4. The lowest BCUT2D eigenvalue weighted by Gasteiger charge is -2.54. The molecular formula is C28H47N3O3S. The first-order valence-corrected chi connectivity index (χ1v) is 15.9. The standard InChI is InChI=1S/C28H47N3O3S/c1-16-11-25-26(30-15-16)18(3)28(34-25)10-8-21-22-6-5-19-12-20(31-35(29,32)33)7-9-27(19,4)24(22)13-23(21)17(2)14-28/h16,18-22,24-26,30-31H,5-15H2,1-4H3,(H2,29,32,33)/t16-,18+,19+,20+,21-,22-,24-,25?,26-,27-,28?/m0/s1. The molecule has 3 saturated carbocycles. The second-order valence-electron chi connectivity index (χ2n) is 13.8. The summed E-state index contributed by atoms with van der Waals surface area (Å²) in [7, 11) is -3.63. The molecule has 5 fully saturated rings. The number of nitrogens with two attached hydrogens (primary N) is 1. The third-order valence-corrected chi connectivity index (χ3v) is 12.6. The van der Waals surface area contributed by atoms with E-state index in [-0.39, 0.29) is 11.6 Å². The molecule has 2 unspecified atom stereocenters. The van der Waals surface area contributed by atoms with Crippen molar-refractivity contribution < 1.29 is 13.2 Å². The molecular weight excluding hydrogens is 458 g/mol. The third kappa shape index (κ3) is 4.07. The van der Waals surface area contributed by atoms with Crippen molar-refractivity contribution in [2.45, 2.75) is 116 Å². The van der Waals surface area contributed by atoms with Crippen LogP contribution >= 0.6 is 0 Å². The number of rotatable bonds is 2. The van der Waals surface area contributed by atoms with E-state index in [4.69, 9.17) is 9.88 Å². The van der Waals surface area contributed by atoms with E-state index >= 15 is 0 Å². The van der Waals surface area contributed by atoms with Crippen LogP contribution in [0.1, 0.15) is 91.9 Å². The Balaban J connectivity index is 1.22. The molecule has 35 heavy (non-hydrogen) atoms. The molecule has 6 rings (SSSR count). The molecule has 4 N–H and O–H groups in total. The van der Waals surface area contributed by atoms with Crippen LogP contribution in [-0.2, 0) is 14.9 Å². The van der Waals surface area contributed by atoms with Gasteiger partial charge in [-0.05, 0) is 113 Å². The zero-order valence-electron chi connectivity index (χ0n) is 22.2. The summed E-state index contributed by atoms with van der Waals surface area (Å²) < 4.78 is 33.0. The molecule has 0 aromatic carbocycles. The molecule has 11 atom stereocenters. The summed E-state index contributed by atoms with van der Waals surface area (Å²) in [5.74, 6) is 4.13. The van der Waals surface area contributed by atoms with E-state index in [1.165, 1.54) is 38.5 Å². The normalized spacial score (nSPS) is 52.0. The average Bonchev–Trinajstić information content (AvgIpc) is 3.23. The molecule has 6 aliphatic rings. The van der Waals surface area contributed by atoms with E-state index in [1.807, 2.05) is 0 Å². The highest BCUT2D eigenvalue weighted by Gasteiger charge is 2.59. The van der Waals surface area contributed by atoms with Crippen LogP contribution in [0.2, 0.25) is 0 Å². The van der Waals surface area contributed by atoms with Gasteiger partial charge in [0.2, 0.25) is 0 Å². The van der Waals surface area contributed by atoms with Crippen LogP contribution < -0.4 is 15.2 Å². The lowest BCUT2D eigenvalue weighted by atomic mass is 9.52. The molecule has 2 aliphatic heterocycles. The summed E-state index contributed by atoms with van der Waals surface area (Å²) in [5.41, 5.74) is 3.74. The van der Waals surface area contributed by atoms with Gasteiger partial charge >= 0.3 is 0 Å². The monoisotopic (exact) mass is 505 g/mol. The molecule has 1 spiro atoms. The van der Waals surface area contributed by atoms with Crippen molar-refractivity contribution >= 4 is 10.2 Å². The first kappa shape index (κ1) is 24.8. The maximum atomic E-state index is 11.6. The summed E-state index contributed by atoms with van der Waals surface area (Å²) in [6.07, 6.45) is 11.9. The first-order chi connectivity index (χ1) is 16.5. The Hall–Kier alpha value is -0.470. The fourth-order valence-corrected chi connectivity index (χ4v) is 10.8. The highest BCUT2D eigenvalue weighted by molar-refractivity contribution is 7.87. The molecule has 0 bridgehead atoms. The van der Waals surface area contributed by atoms with Crippen LogP contribution in [0.4, 0.5) is 0 Å². The number of hydrogen-bond donors (Lipinski definition) is 3. The van der Waals surface area contributed by atoms with Crippen LogP contribution in [-0.4, -0.2) is 38.8 Å². The Morgan fingerprint density at radius 2 is 1.91 bits per heavy atom. The van der Waals surface area contributed by atoms with Crippen LogP contribution in [0.3, 0.4) is 0 Å². The minimum Gasteiger partial charge on any atom is -0.369 e. The van der Waals surface area contributed by atoms with Gasteiger partial charge < -0.3 is 10.1 Å². The lowest BCUT2D eigenvalue weighted by molar-refractivity contribution is -0.0746.